The molecule has 1 atom stereocenters. The summed E-state index contributed by atoms with van der Waals surface area (Å²) in [6, 6.07) is 6.32. The van der Waals surface area contributed by atoms with Crippen molar-refractivity contribution in [1.29, 1.82) is 0 Å². The molecule has 1 aliphatic rings. The van der Waals surface area contributed by atoms with Gasteiger partial charge in [-0.1, -0.05) is 0 Å². The zero-order valence-corrected chi connectivity index (χ0v) is 16.4. The Labute approximate surface area is 158 Å². The number of rotatable bonds is 6. The molecule has 1 aromatic carbocycles. The van der Waals surface area contributed by atoms with Gasteiger partial charge in [-0.2, -0.15) is 0 Å². The number of ether oxygens (including phenoxy) is 1. The molecule has 0 radical (unpaired) electrons. The van der Waals surface area contributed by atoms with Gasteiger partial charge in [-0.25, -0.2) is 12.7 Å². The maximum Gasteiger partial charge on any atom is 0.309 e. The molecule has 0 aliphatic carbocycles. The number of carbonyl (C=O) groups excluding carboxylic acids is 3. The van der Waals surface area contributed by atoms with Crippen LogP contribution < -0.4 is 5.32 Å². The average Bonchev–Trinajstić information content (AvgIpc) is 2.60. The van der Waals surface area contributed by atoms with Crippen molar-refractivity contribution in [3.63, 3.8) is 0 Å². The van der Waals surface area contributed by atoms with Crippen molar-refractivity contribution in [1.82, 2.24) is 4.31 Å². The van der Waals surface area contributed by atoms with Crippen molar-refractivity contribution < 1.29 is 27.5 Å². The van der Waals surface area contributed by atoms with Crippen LogP contribution in [0.25, 0.3) is 0 Å². The van der Waals surface area contributed by atoms with Gasteiger partial charge in [0.2, 0.25) is 21.7 Å². The van der Waals surface area contributed by atoms with Gasteiger partial charge in [0.05, 0.1) is 12.2 Å². The fraction of sp³-hybridized carbons (Fsp3) is 0.500. The van der Waals surface area contributed by atoms with Crippen molar-refractivity contribution in [3.8, 4) is 0 Å². The van der Waals surface area contributed by atoms with E-state index in [1.807, 2.05) is 0 Å². The maximum atomic E-state index is 12.4. The molecule has 1 saturated heterocycles. The second-order valence-corrected chi connectivity index (χ2v) is 8.62. The molecular weight excluding hydrogens is 372 g/mol. The maximum absolute atomic E-state index is 12.4. The third-order valence-corrected chi connectivity index (χ3v) is 5.71. The Morgan fingerprint density at radius 3 is 2.19 bits per heavy atom. The smallest absolute Gasteiger partial charge is 0.309 e. The predicted octanol–water partition coefficient (Wildman–Crippen LogP) is 1.43. The molecule has 2 rings (SSSR count). The van der Waals surface area contributed by atoms with Gasteiger partial charge in [0.15, 0.2) is 6.10 Å². The number of hydrogen-bond acceptors (Lipinski definition) is 6. The number of benzene rings is 1. The number of anilines is 1. The fourth-order valence-electron chi connectivity index (χ4n) is 2.90. The third-order valence-electron chi connectivity index (χ3n) is 4.41. The van der Waals surface area contributed by atoms with Crippen LogP contribution >= 0.6 is 0 Å². The molecule has 1 N–H and O–H groups in total. The van der Waals surface area contributed by atoms with E-state index < -0.39 is 28.0 Å². The number of ketones is 1. The second kappa shape index (κ2) is 8.62. The lowest BCUT2D eigenvalue weighted by Crippen LogP contribution is -2.40. The standard InChI is InChI=1S/C18H24N2O6S/c1-12(17(22)14-4-6-16(7-5-14)19-13(2)21)26-18(23)15-8-10-20(11-9-15)27(3,24)25/h4-7,12,15H,8-11H2,1-3H3,(H,19,21). The molecule has 8 nitrogen and oxygen atoms in total. The van der Waals surface area contributed by atoms with Gasteiger partial charge in [-0.05, 0) is 44.0 Å². The fourth-order valence-corrected chi connectivity index (χ4v) is 3.78. The summed E-state index contributed by atoms with van der Waals surface area (Å²) in [5, 5.41) is 2.61. The van der Waals surface area contributed by atoms with Crippen molar-refractivity contribution in [2.75, 3.05) is 24.7 Å². The van der Waals surface area contributed by atoms with Gasteiger partial charge in [0.1, 0.15) is 0 Å². The first-order valence-electron chi connectivity index (χ1n) is 8.65. The first kappa shape index (κ1) is 21.0. The van der Waals surface area contributed by atoms with Crippen LogP contribution in [0.1, 0.15) is 37.0 Å². The Morgan fingerprint density at radius 1 is 1.15 bits per heavy atom. The largest absolute Gasteiger partial charge is 0.454 e. The summed E-state index contributed by atoms with van der Waals surface area (Å²) in [6.07, 6.45) is 0.942. The van der Waals surface area contributed by atoms with Gasteiger partial charge in [-0.3, -0.25) is 14.4 Å². The minimum absolute atomic E-state index is 0.210. The molecule has 0 aromatic heterocycles. The molecule has 0 saturated carbocycles. The zero-order chi connectivity index (χ0) is 20.2. The molecule has 1 unspecified atom stereocenters. The van der Waals surface area contributed by atoms with E-state index in [0.717, 1.165) is 6.26 Å². The molecule has 0 spiro atoms. The highest BCUT2D eigenvalue weighted by Gasteiger charge is 2.31. The summed E-state index contributed by atoms with van der Waals surface area (Å²) >= 11 is 0. The van der Waals surface area contributed by atoms with E-state index in [0.29, 0.717) is 24.1 Å². The number of Topliss-reactive ketones (excluding diaryl/α,β-unsaturated/α-hetero) is 1. The average molecular weight is 396 g/mol. The minimum Gasteiger partial charge on any atom is -0.454 e. The number of amides is 1. The highest BCUT2D eigenvalue weighted by atomic mass is 32.2. The van der Waals surface area contributed by atoms with Crippen LogP contribution in [-0.2, 0) is 24.3 Å². The molecule has 9 heteroatoms. The predicted molar refractivity (Wildman–Crippen MR) is 99.8 cm³/mol. The summed E-state index contributed by atoms with van der Waals surface area (Å²) in [5.74, 6) is -1.45. The normalized spacial score (nSPS) is 17.1. The monoisotopic (exact) mass is 396 g/mol. The lowest BCUT2D eigenvalue weighted by molar-refractivity contribution is -0.152. The van der Waals surface area contributed by atoms with E-state index in [-0.39, 0.29) is 24.8 Å². The van der Waals surface area contributed by atoms with Gasteiger partial charge in [0.25, 0.3) is 0 Å². The van der Waals surface area contributed by atoms with Crippen molar-refractivity contribution in [2.45, 2.75) is 32.8 Å². The first-order valence-corrected chi connectivity index (χ1v) is 10.5. The zero-order valence-electron chi connectivity index (χ0n) is 15.6. The van der Waals surface area contributed by atoms with Crippen LogP contribution in [0.2, 0.25) is 0 Å². The summed E-state index contributed by atoms with van der Waals surface area (Å²) in [4.78, 5) is 35.7. The lowest BCUT2D eigenvalue weighted by atomic mass is 9.98. The number of sulfonamides is 1. The van der Waals surface area contributed by atoms with Crippen LogP contribution in [0.3, 0.4) is 0 Å². The van der Waals surface area contributed by atoms with Crippen LogP contribution in [0.4, 0.5) is 5.69 Å². The van der Waals surface area contributed by atoms with Crippen LogP contribution in [-0.4, -0.2) is 55.8 Å². The van der Waals surface area contributed by atoms with Gasteiger partial charge < -0.3 is 10.1 Å². The SMILES string of the molecule is CC(=O)Nc1ccc(C(=O)C(C)OC(=O)C2CCN(S(C)(=O)=O)CC2)cc1. The van der Waals surface area contributed by atoms with E-state index in [9.17, 15) is 22.8 Å². The minimum atomic E-state index is -3.26. The van der Waals surface area contributed by atoms with E-state index in [1.54, 1.807) is 24.3 Å². The number of nitrogens with zero attached hydrogens (tertiary/aromatic N) is 1. The van der Waals surface area contributed by atoms with Crippen LogP contribution in [0.15, 0.2) is 24.3 Å². The molecule has 148 valence electrons. The highest BCUT2D eigenvalue weighted by molar-refractivity contribution is 7.88. The summed E-state index contributed by atoms with van der Waals surface area (Å²) in [6.45, 7) is 3.44. The number of piperidine rings is 1. The van der Waals surface area contributed by atoms with Gasteiger partial charge in [-0.15, -0.1) is 0 Å². The summed E-state index contributed by atoms with van der Waals surface area (Å²) in [7, 11) is -3.26. The van der Waals surface area contributed by atoms with Gasteiger partial charge >= 0.3 is 5.97 Å². The number of esters is 1. The third kappa shape index (κ3) is 5.86. The molecule has 0 bridgehead atoms. The first-order chi connectivity index (χ1) is 12.6. The molecular formula is C18H24N2O6S. The van der Waals surface area contributed by atoms with Crippen molar-refractivity contribution in [3.05, 3.63) is 29.8 Å². The van der Waals surface area contributed by atoms with E-state index >= 15 is 0 Å². The molecule has 1 aromatic rings. The number of hydrogen-bond donors (Lipinski definition) is 1. The van der Waals surface area contributed by atoms with Crippen LogP contribution in [0.5, 0.6) is 0 Å². The summed E-state index contributed by atoms with van der Waals surface area (Å²) < 4.78 is 29.7. The van der Waals surface area contributed by atoms with Gasteiger partial charge in [0, 0.05) is 31.3 Å². The molecule has 27 heavy (non-hydrogen) atoms. The Kier molecular flexibility index (Phi) is 6.72. The molecule has 1 amide bonds. The number of nitrogens with one attached hydrogen (secondary N) is 1. The molecule has 1 fully saturated rings. The van der Waals surface area contributed by atoms with Crippen molar-refractivity contribution in [2.24, 2.45) is 5.92 Å². The van der Waals surface area contributed by atoms with E-state index in [4.69, 9.17) is 4.74 Å². The Bertz CT molecular complexity index is 811. The topological polar surface area (TPSA) is 110 Å². The lowest BCUT2D eigenvalue weighted by Gasteiger charge is -2.29. The van der Waals surface area contributed by atoms with Crippen LogP contribution in [0, 0.1) is 5.92 Å². The Hall–Kier alpha value is -2.26. The highest BCUT2D eigenvalue weighted by Crippen LogP contribution is 2.21. The molecule has 1 heterocycles. The van der Waals surface area contributed by atoms with E-state index in [2.05, 4.69) is 5.32 Å². The second-order valence-electron chi connectivity index (χ2n) is 6.64. The van der Waals surface area contributed by atoms with Crippen molar-refractivity contribution >= 4 is 33.4 Å². The Balaban J connectivity index is 1.90. The summed E-state index contributed by atoms with van der Waals surface area (Å²) in [5.41, 5.74) is 0.942. The quantitative estimate of drug-likeness (QED) is 0.575. The Morgan fingerprint density at radius 2 is 1.70 bits per heavy atom. The van der Waals surface area contributed by atoms with E-state index in [1.165, 1.54) is 18.2 Å². The molecule has 1 aliphatic heterocycles. The number of carbonyl (C=O) groups is 3.